The summed E-state index contributed by atoms with van der Waals surface area (Å²) in [5.74, 6) is -0.496. The summed E-state index contributed by atoms with van der Waals surface area (Å²) in [7, 11) is 1.82. The number of carboxylic acids is 1. The number of unbranched alkanes of at least 4 members (excludes halogenated alkanes) is 5. The lowest BCUT2D eigenvalue weighted by molar-refractivity contribution is -0.648. The van der Waals surface area contributed by atoms with Gasteiger partial charge in [-0.3, -0.25) is 0 Å². The molecule has 0 saturated carbocycles. The third-order valence-electron chi connectivity index (χ3n) is 4.03. The molecule has 0 amide bonds. The van der Waals surface area contributed by atoms with Crippen LogP contribution in [0.3, 0.4) is 0 Å². The van der Waals surface area contributed by atoms with Crippen LogP contribution < -0.4 is 4.57 Å². The molecule has 1 heterocycles. The first-order chi connectivity index (χ1) is 10.2. The average molecular weight is 289 g/mol. The normalized spacial score (nSPS) is 11.1. The number of carbonyl (C=O) groups is 1. The Balaban J connectivity index is 2.14. The highest BCUT2D eigenvalue weighted by Gasteiger charge is 2.27. The lowest BCUT2D eigenvalue weighted by Crippen LogP contribution is -2.36. The summed E-state index contributed by atoms with van der Waals surface area (Å²) in [4.78, 5) is 11.5. The summed E-state index contributed by atoms with van der Waals surface area (Å²) in [6.07, 6.45) is 7.25. The predicted octanol–water partition coefficient (Wildman–Crippen LogP) is 3.52. The molecule has 0 fully saturated rings. The molecule has 2 aromatic rings. The minimum Gasteiger partial charge on any atom is -0.472 e. The first kappa shape index (κ1) is 15.5. The van der Waals surface area contributed by atoms with E-state index in [1.54, 1.807) is 4.57 Å². The van der Waals surface area contributed by atoms with Crippen LogP contribution in [0.4, 0.5) is 0 Å². The number of hydrogen-bond donors (Lipinski definition) is 1. The third kappa shape index (κ3) is 3.43. The van der Waals surface area contributed by atoms with Crippen molar-refractivity contribution < 1.29 is 14.5 Å². The topological polar surface area (TPSA) is 46.1 Å². The number of nitrogens with zero attached hydrogens (tertiary/aromatic N) is 2. The Kier molecular flexibility index (Phi) is 5.37. The van der Waals surface area contributed by atoms with Gasteiger partial charge in [0.15, 0.2) is 11.0 Å². The number of imidazole rings is 1. The number of aromatic carboxylic acids is 1. The molecule has 114 valence electrons. The molecule has 1 aromatic heterocycles. The van der Waals surface area contributed by atoms with E-state index in [-0.39, 0.29) is 0 Å². The van der Waals surface area contributed by atoms with Crippen LogP contribution in [0.1, 0.15) is 56.1 Å². The number of aromatic nitrogens is 2. The second kappa shape index (κ2) is 7.25. The van der Waals surface area contributed by atoms with E-state index in [2.05, 4.69) is 6.92 Å². The number of aryl methyl sites for hydroxylation is 2. The molecule has 0 aliphatic rings. The standard InChI is InChI=1S/C17H24N2O2/c1-3-4-5-6-7-10-13-19-15-12-9-8-11-14(15)18(2)16(19)17(20)21/h8-9,11-12H,3-7,10,13H2,1-2H3/p+1. The molecular formula is C17H25N2O2+. The summed E-state index contributed by atoms with van der Waals surface area (Å²) < 4.78 is 3.71. The highest BCUT2D eigenvalue weighted by molar-refractivity contribution is 5.86. The Morgan fingerprint density at radius 3 is 2.52 bits per heavy atom. The molecule has 2 rings (SSSR count). The Morgan fingerprint density at radius 1 is 1.14 bits per heavy atom. The van der Waals surface area contributed by atoms with Gasteiger partial charge in [-0.05, 0) is 25.0 Å². The van der Waals surface area contributed by atoms with E-state index >= 15 is 0 Å². The Morgan fingerprint density at radius 2 is 1.81 bits per heavy atom. The van der Waals surface area contributed by atoms with Crippen molar-refractivity contribution in [2.75, 3.05) is 0 Å². The molecule has 1 N–H and O–H groups in total. The van der Waals surface area contributed by atoms with Crippen LogP contribution in [0.2, 0.25) is 0 Å². The van der Waals surface area contributed by atoms with E-state index in [0.29, 0.717) is 5.82 Å². The molecule has 4 nitrogen and oxygen atoms in total. The quantitative estimate of drug-likeness (QED) is 0.597. The van der Waals surface area contributed by atoms with Gasteiger partial charge in [-0.15, -0.1) is 0 Å². The van der Waals surface area contributed by atoms with Gasteiger partial charge < -0.3 is 5.11 Å². The molecule has 1 aromatic carbocycles. The van der Waals surface area contributed by atoms with Crippen molar-refractivity contribution in [2.24, 2.45) is 7.05 Å². The minimum absolute atomic E-state index is 0.366. The van der Waals surface area contributed by atoms with Crippen LogP contribution >= 0.6 is 0 Å². The first-order valence-electron chi connectivity index (χ1n) is 7.87. The fourth-order valence-corrected chi connectivity index (χ4v) is 2.92. The maximum Gasteiger partial charge on any atom is 0.419 e. The highest BCUT2D eigenvalue weighted by atomic mass is 16.4. The van der Waals surface area contributed by atoms with Gasteiger partial charge in [0.05, 0.1) is 13.6 Å². The largest absolute Gasteiger partial charge is 0.472 e. The van der Waals surface area contributed by atoms with Crippen LogP contribution in [0, 0.1) is 0 Å². The van der Waals surface area contributed by atoms with Gasteiger partial charge in [-0.1, -0.05) is 44.7 Å². The van der Waals surface area contributed by atoms with Crippen LogP contribution in [0.5, 0.6) is 0 Å². The molecule has 4 heteroatoms. The van der Waals surface area contributed by atoms with Gasteiger partial charge in [0, 0.05) is 0 Å². The molecule has 0 aliphatic carbocycles. The average Bonchev–Trinajstić information content (AvgIpc) is 2.76. The summed E-state index contributed by atoms with van der Waals surface area (Å²) in [6, 6.07) is 7.88. The highest BCUT2D eigenvalue weighted by Crippen LogP contribution is 2.16. The van der Waals surface area contributed by atoms with Crippen LogP contribution in [-0.4, -0.2) is 15.6 Å². The van der Waals surface area contributed by atoms with Crippen LogP contribution in [0.25, 0.3) is 11.0 Å². The fourth-order valence-electron chi connectivity index (χ4n) is 2.92. The van der Waals surface area contributed by atoms with Crippen molar-refractivity contribution in [2.45, 2.75) is 52.0 Å². The maximum atomic E-state index is 11.5. The number of hydrogen-bond acceptors (Lipinski definition) is 1. The summed E-state index contributed by atoms with van der Waals surface area (Å²) >= 11 is 0. The summed E-state index contributed by atoms with van der Waals surface area (Å²) in [5, 5.41) is 9.48. The smallest absolute Gasteiger partial charge is 0.419 e. The molecule has 0 unspecified atom stereocenters. The van der Waals surface area contributed by atoms with E-state index in [9.17, 15) is 9.90 Å². The number of carboxylic acid groups (broad SMARTS) is 1. The second-order valence-corrected chi connectivity index (χ2v) is 5.60. The van der Waals surface area contributed by atoms with E-state index in [1.165, 1.54) is 25.7 Å². The number of para-hydroxylation sites is 2. The van der Waals surface area contributed by atoms with E-state index < -0.39 is 5.97 Å². The van der Waals surface area contributed by atoms with Gasteiger partial charge in [-0.25, -0.2) is 13.9 Å². The Labute approximate surface area is 126 Å². The third-order valence-corrected chi connectivity index (χ3v) is 4.03. The van der Waals surface area contributed by atoms with Gasteiger partial charge in [0.1, 0.15) is 0 Å². The van der Waals surface area contributed by atoms with Crippen molar-refractivity contribution in [1.29, 1.82) is 0 Å². The summed E-state index contributed by atoms with van der Waals surface area (Å²) in [5.41, 5.74) is 1.98. The van der Waals surface area contributed by atoms with Crippen LogP contribution in [0.15, 0.2) is 24.3 Å². The van der Waals surface area contributed by atoms with E-state index in [1.807, 2.05) is 35.9 Å². The maximum absolute atomic E-state index is 11.5. The van der Waals surface area contributed by atoms with E-state index in [0.717, 1.165) is 30.4 Å². The molecule has 0 radical (unpaired) electrons. The monoisotopic (exact) mass is 289 g/mol. The molecule has 0 spiro atoms. The predicted molar refractivity (Wildman–Crippen MR) is 83.4 cm³/mol. The first-order valence-corrected chi connectivity index (χ1v) is 7.87. The zero-order valence-corrected chi connectivity index (χ0v) is 13.0. The van der Waals surface area contributed by atoms with Gasteiger partial charge in [0.2, 0.25) is 0 Å². The Bertz CT molecular complexity index is 617. The van der Waals surface area contributed by atoms with E-state index in [4.69, 9.17) is 0 Å². The molecule has 0 saturated heterocycles. The fraction of sp³-hybridized carbons (Fsp3) is 0.529. The zero-order chi connectivity index (χ0) is 15.2. The van der Waals surface area contributed by atoms with Gasteiger partial charge >= 0.3 is 11.8 Å². The molecule has 0 bridgehead atoms. The lowest BCUT2D eigenvalue weighted by atomic mass is 10.1. The number of rotatable bonds is 8. The number of fused-ring (bicyclic) bond motifs is 1. The molecule has 0 aliphatic heterocycles. The van der Waals surface area contributed by atoms with Crippen LogP contribution in [-0.2, 0) is 13.6 Å². The van der Waals surface area contributed by atoms with Crippen molar-refractivity contribution in [1.82, 2.24) is 4.57 Å². The molecule has 0 atom stereocenters. The van der Waals surface area contributed by atoms with Crippen molar-refractivity contribution in [3.05, 3.63) is 30.1 Å². The van der Waals surface area contributed by atoms with Crippen molar-refractivity contribution in [3.8, 4) is 0 Å². The SMILES string of the molecule is CCCCCCCCn1c(C(=O)O)[n+](C)c2ccccc21. The van der Waals surface area contributed by atoms with Crippen molar-refractivity contribution in [3.63, 3.8) is 0 Å². The lowest BCUT2D eigenvalue weighted by Gasteiger charge is -2.01. The summed E-state index contributed by atoms with van der Waals surface area (Å²) in [6.45, 7) is 2.99. The Hall–Kier alpha value is -1.84. The van der Waals surface area contributed by atoms with Crippen molar-refractivity contribution >= 4 is 17.0 Å². The minimum atomic E-state index is -0.861. The molecule has 21 heavy (non-hydrogen) atoms. The van der Waals surface area contributed by atoms with Gasteiger partial charge in [-0.2, -0.15) is 0 Å². The number of benzene rings is 1. The molecular weight excluding hydrogens is 264 g/mol. The zero-order valence-electron chi connectivity index (χ0n) is 13.0. The second-order valence-electron chi connectivity index (χ2n) is 5.60. The van der Waals surface area contributed by atoms with Gasteiger partial charge in [0.25, 0.3) is 0 Å².